The number of anilines is 2. The minimum atomic E-state index is -3.31. The normalized spacial score (nSPS) is 15.9. The summed E-state index contributed by atoms with van der Waals surface area (Å²) in [5, 5.41) is 12.3. The number of carbonyl (C=O) groups is 1. The van der Waals surface area contributed by atoms with Crippen LogP contribution >= 0.6 is 0 Å². The van der Waals surface area contributed by atoms with Crippen LogP contribution in [0.5, 0.6) is 0 Å². The molecule has 38 heavy (non-hydrogen) atoms. The van der Waals surface area contributed by atoms with Gasteiger partial charge in [0.05, 0.1) is 29.2 Å². The molecule has 1 atom stereocenters. The summed E-state index contributed by atoms with van der Waals surface area (Å²) in [4.78, 5) is 15.5. The smallest absolute Gasteiger partial charge is 0.251 e. The van der Waals surface area contributed by atoms with Crippen LogP contribution in [0.4, 0.5) is 11.4 Å². The Bertz CT molecular complexity index is 1440. The van der Waals surface area contributed by atoms with Gasteiger partial charge in [-0.05, 0) is 103 Å². The van der Waals surface area contributed by atoms with Crippen molar-refractivity contribution in [2.75, 3.05) is 17.7 Å². The summed E-state index contributed by atoms with van der Waals surface area (Å²) < 4.78 is 24.2. The van der Waals surface area contributed by atoms with Crippen LogP contribution in [0.1, 0.15) is 84.0 Å². The van der Waals surface area contributed by atoms with Gasteiger partial charge in [-0.3, -0.25) is 4.79 Å². The molecule has 1 N–H and O–H groups in total. The minimum Gasteiger partial charge on any atom is -0.345 e. The van der Waals surface area contributed by atoms with Gasteiger partial charge in [-0.2, -0.15) is 5.26 Å². The van der Waals surface area contributed by atoms with E-state index in [2.05, 4.69) is 41.5 Å². The van der Waals surface area contributed by atoms with Gasteiger partial charge in [0.1, 0.15) is 0 Å². The first-order chi connectivity index (χ1) is 18.3. The summed E-state index contributed by atoms with van der Waals surface area (Å²) in [6, 6.07) is 22.4. The van der Waals surface area contributed by atoms with Gasteiger partial charge in [-0.1, -0.05) is 25.1 Å². The third-order valence-electron chi connectivity index (χ3n) is 7.59. The van der Waals surface area contributed by atoms with Gasteiger partial charge in [0.2, 0.25) is 0 Å². The largest absolute Gasteiger partial charge is 0.345 e. The molecule has 0 saturated heterocycles. The number of hydrogen-bond acceptors (Lipinski definition) is 5. The van der Waals surface area contributed by atoms with E-state index < -0.39 is 15.9 Å². The highest BCUT2D eigenvalue weighted by atomic mass is 32.2. The maximum absolute atomic E-state index is 13.0. The van der Waals surface area contributed by atoms with Crippen molar-refractivity contribution in [3.63, 3.8) is 0 Å². The monoisotopic (exact) mass is 527 g/mol. The molecule has 0 spiro atoms. The van der Waals surface area contributed by atoms with Crippen molar-refractivity contribution in [1.82, 2.24) is 5.32 Å². The predicted molar refractivity (Wildman–Crippen MR) is 150 cm³/mol. The van der Waals surface area contributed by atoms with E-state index in [0.29, 0.717) is 23.0 Å². The molecule has 3 aromatic rings. The van der Waals surface area contributed by atoms with Crippen LogP contribution in [0.15, 0.2) is 71.6 Å². The molecule has 2 aliphatic rings. The Morgan fingerprint density at radius 2 is 1.53 bits per heavy atom. The Labute approximate surface area is 225 Å². The molecule has 0 aliphatic heterocycles. The second-order valence-electron chi connectivity index (χ2n) is 10.4. The van der Waals surface area contributed by atoms with Crippen molar-refractivity contribution in [2.24, 2.45) is 0 Å². The first-order valence-corrected chi connectivity index (χ1v) is 14.9. The molecule has 2 fully saturated rings. The van der Waals surface area contributed by atoms with Gasteiger partial charge in [0.15, 0.2) is 9.84 Å². The minimum absolute atomic E-state index is 0.0174. The second-order valence-corrected chi connectivity index (χ2v) is 12.7. The SMILES string of the molecule is CCS(=O)(=O)c1ccc([C@H](CC#N)NC(=O)c2ccc(N(C)c3cc(C4CC4)cc(C4CC4)c3)cc2)cc1. The Balaban J connectivity index is 1.30. The third kappa shape index (κ3) is 5.76. The summed E-state index contributed by atoms with van der Waals surface area (Å²) in [6.45, 7) is 1.60. The Morgan fingerprint density at radius 3 is 2.03 bits per heavy atom. The fraction of sp³-hybridized carbons (Fsp3) is 0.355. The average Bonchev–Trinajstić information content (AvgIpc) is 3.85. The van der Waals surface area contributed by atoms with Crippen LogP contribution < -0.4 is 10.2 Å². The van der Waals surface area contributed by atoms with Crippen LogP contribution in [-0.2, 0) is 9.84 Å². The topological polar surface area (TPSA) is 90.3 Å². The molecule has 6 nitrogen and oxygen atoms in total. The highest BCUT2D eigenvalue weighted by Crippen LogP contribution is 2.46. The molecule has 0 unspecified atom stereocenters. The predicted octanol–water partition coefficient (Wildman–Crippen LogP) is 6.39. The summed E-state index contributed by atoms with van der Waals surface area (Å²) >= 11 is 0. The van der Waals surface area contributed by atoms with E-state index in [4.69, 9.17) is 0 Å². The van der Waals surface area contributed by atoms with Crippen molar-refractivity contribution in [3.05, 3.63) is 89.0 Å². The molecule has 0 heterocycles. The summed E-state index contributed by atoms with van der Waals surface area (Å²) in [7, 11) is -1.26. The molecule has 0 bridgehead atoms. The van der Waals surface area contributed by atoms with Crippen LogP contribution in [0.2, 0.25) is 0 Å². The van der Waals surface area contributed by atoms with Crippen LogP contribution in [-0.4, -0.2) is 27.1 Å². The molecule has 5 rings (SSSR count). The number of rotatable bonds is 10. The number of hydrogen-bond donors (Lipinski definition) is 1. The van der Waals surface area contributed by atoms with Crippen LogP contribution in [0.25, 0.3) is 0 Å². The van der Waals surface area contributed by atoms with Crippen molar-refractivity contribution in [3.8, 4) is 6.07 Å². The molecule has 0 radical (unpaired) electrons. The lowest BCUT2D eigenvalue weighted by Gasteiger charge is -2.22. The van der Waals surface area contributed by atoms with Gasteiger partial charge in [-0.25, -0.2) is 8.42 Å². The van der Waals surface area contributed by atoms with E-state index in [1.54, 1.807) is 31.2 Å². The highest BCUT2D eigenvalue weighted by Gasteiger charge is 2.29. The lowest BCUT2D eigenvalue weighted by Crippen LogP contribution is -2.28. The number of nitrogens with one attached hydrogen (secondary N) is 1. The number of carbonyl (C=O) groups excluding carboxylic acids is 1. The van der Waals surface area contributed by atoms with Crippen molar-refractivity contribution in [1.29, 1.82) is 5.26 Å². The fourth-order valence-corrected chi connectivity index (χ4v) is 5.69. The third-order valence-corrected chi connectivity index (χ3v) is 9.34. The maximum Gasteiger partial charge on any atom is 0.251 e. The molecular formula is C31H33N3O3S. The zero-order valence-corrected chi connectivity index (χ0v) is 22.7. The van der Waals surface area contributed by atoms with Gasteiger partial charge in [0, 0.05) is 24.0 Å². The number of sulfone groups is 1. The van der Waals surface area contributed by atoms with E-state index in [-0.39, 0.29) is 23.0 Å². The molecule has 3 aromatic carbocycles. The second kappa shape index (κ2) is 10.6. The molecule has 196 valence electrons. The van der Waals surface area contributed by atoms with Crippen molar-refractivity contribution >= 4 is 27.1 Å². The molecule has 7 heteroatoms. The summed E-state index contributed by atoms with van der Waals surface area (Å²) in [5.74, 6) is 1.13. The zero-order valence-electron chi connectivity index (χ0n) is 21.9. The molecular weight excluding hydrogens is 494 g/mol. The summed E-state index contributed by atoms with van der Waals surface area (Å²) in [6.07, 6.45) is 5.17. The molecule has 2 aliphatic carbocycles. The quantitative estimate of drug-likeness (QED) is 0.330. The van der Waals surface area contributed by atoms with Crippen LogP contribution in [0, 0.1) is 11.3 Å². The lowest BCUT2D eigenvalue weighted by atomic mass is 10.0. The highest BCUT2D eigenvalue weighted by molar-refractivity contribution is 7.91. The Morgan fingerprint density at radius 1 is 0.947 bits per heavy atom. The van der Waals surface area contributed by atoms with E-state index in [0.717, 1.165) is 5.69 Å². The van der Waals surface area contributed by atoms with Crippen LogP contribution in [0.3, 0.4) is 0 Å². The van der Waals surface area contributed by atoms with Crippen molar-refractivity contribution in [2.45, 2.75) is 61.8 Å². The van der Waals surface area contributed by atoms with E-state index in [1.165, 1.54) is 54.6 Å². The maximum atomic E-state index is 13.0. The first kappa shape index (κ1) is 26.0. The van der Waals surface area contributed by atoms with E-state index in [1.807, 2.05) is 12.1 Å². The van der Waals surface area contributed by atoms with Gasteiger partial charge >= 0.3 is 0 Å². The van der Waals surface area contributed by atoms with Gasteiger partial charge in [0.25, 0.3) is 5.91 Å². The van der Waals surface area contributed by atoms with Gasteiger partial charge < -0.3 is 10.2 Å². The van der Waals surface area contributed by atoms with Gasteiger partial charge in [-0.15, -0.1) is 0 Å². The lowest BCUT2D eigenvalue weighted by molar-refractivity contribution is 0.0937. The average molecular weight is 528 g/mol. The standard InChI is InChI=1S/C31H33N3O3S/c1-3-38(36,37)29-14-10-23(11-15-29)30(16-17-32)33-31(35)24-8-12-27(13-9-24)34(2)28-19-25(21-4-5-21)18-26(20-28)22-6-7-22/h8-15,18-22,30H,3-7,16H2,1-2H3,(H,33,35)/t30-/m0/s1. The van der Waals surface area contributed by atoms with E-state index >= 15 is 0 Å². The number of benzene rings is 3. The first-order valence-electron chi connectivity index (χ1n) is 13.3. The Kier molecular flexibility index (Phi) is 7.27. The fourth-order valence-electron chi connectivity index (χ4n) is 4.80. The number of nitriles is 1. The molecule has 1 amide bonds. The number of amides is 1. The summed E-state index contributed by atoms with van der Waals surface area (Å²) in [5.41, 5.74) is 6.25. The van der Waals surface area contributed by atoms with Crippen molar-refractivity contribution < 1.29 is 13.2 Å². The zero-order chi connectivity index (χ0) is 26.9. The number of nitrogens with zero attached hydrogens (tertiary/aromatic N) is 2. The Hall–Kier alpha value is -3.63. The van der Waals surface area contributed by atoms with E-state index in [9.17, 15) is 18.5 Å². The molecule has 0 aromatic heterocycles. The molecule has 2 saturated carbocycles.